The second-order valence-corrected chi connectivity index (χ2v) is 5.09. The zero-order valence-electron chi connectivity index (χ0n) is 10.2. The average Bonchev–Trinajstić information content (AvgIpc) is 2.36. The van der Waals surface area contributed by atoms with Crippen LogP contribution >= 0.6 is 23.2 Å². The van der Waals surface area contributed by atoms with E-state index in [9.17, 15) is 0 Å². The molecule has 0 amide bonds. The van der Waals surface area contributed by atoms with Crippen molar-refractivity contribution in [2.75, 3.05) is 0 Å². The first-order valence-electron chi connectivity index (χ1n) is 5.86. The van der Waals surface area contributed by atoms with Crippen molar-refractivity contribution in [2.24, 2.45) is 0 Å². The van der Waals surface area contributed by atoms with E-state index in [1.54, 1.807) is 0 Å². The van der Waals surface area contributed by atoms with Gasteiger partial charge in [0, 0.05) is 23.1 Å². The molecule has 0 atom stereocenters. The van der Waals surface area contributed by atoms with Crippen LogP contribution in [-0.4, -0.2) is 0 Å². The second-order valence-electron chi connectivity index (χ2n) is 4.28. The van der Waals surface area contributed by atoms with Crippen LogP contribution in [-0.2, 0) is 13.1 Å². The Bertz CT molecular complexity index is 538. The molecule has 0 saturated carbocycles. The molecule has 18 heavy (non-hydrogen) atoms. The molecule has 3 heteroatoms. The Balaban J connectivity index is 1.92. The molecule has 0 radical (unpaired) electrons. The van der Waals surface area contributed by atoms with Gasteiger partial charge in [0.25, 0.3) is 0 Å². The van der Waals surface area contributed by atoms with Gasteiger partial charge in [-0.1, -0.05) is 53.5 Å². The third-order valence-electron chi connectivity index (χ3n) is 2.84. The smallest absolute Gasteiger partial charge is 0.0450 e. The standard InChI is InChI=1S/C15H15Cl2N/c1-11-6-7-12(8-15(11)17)9-18-10-13-4-2-3-5-14(13)16/h2-8,18H,9-10H2,1H3. The first-order valence-corrected chi connectivity index (χ1v) is 6.61. The highest BCUT2D eigenvalue weighted by Crippen LogP contribution is 2.17. The van der Waals surface area contributed by atoms with E-state index in [0.717, 1.165) is 34.3 Å². The highest BCUT2D eigenvalue weighted by Gasteiger charge is 2.00. The van der Waals surface area contributed by atoms with Gasteiger partial charge in [0.05, 0.1) is 0 Å². The number of rotatable bonds is 4. The van der Waals surface area contributed by atoms with Crippen LogP contribution < -0.4 is 5.32 Å². The monoisotopic (exact) mass is 279 g/mol. The summed E-state index contributed by atoms with van der Waals surface area (Å²) in [5.74, 6) is 0. The molecule has 0 fully saturated rings. The summed E-state index contributed by atoms with van der Waals surface area (Å²) in [6.07, 6.45) is 0. The predicted molar refractivity (Wildman–Crippen MR) is 78.2 cm³/mol. The van der Waals surface area contributed by atoms with Gasteiger partial charge in [-0.15, -0.1) is 0 Å². The van der Waals surface area contributed by atoms with Gasteiger partial charge in [-0.2, -0.15) is 0 Å². The Hall–Kier alpha value is -1.02. The normalized spacial score (nSPS) is 10.6. The number of aryl methyl sites for hydroxylation is 1. The molecule has 0 saturated heterocycles. The lowest BCUT2D eigenvalue weighted by Crippen LogP contribution is -2.12. The van der Waals surface area contributed by atoms with Crippen LogP contribution in [0, 0.1) is 6.92 Å². The van der Waals surface area contributed by atoms with Crippen LogP contribution in [0.3, 0.4) is 0 Å². The molecule has 0 aromatic heterocycles. The van der Waals surface area contributed by atoms with Crippen molar-refractivity contribution in [3.05, 3.63) is 69.2 Å². The Morgan fingerprint density at radius 3 is 2.44 bits per heavy atom. The minimum absolute atomic E-state index is 0.755. The lowest BCUT2D eigenvalue weighted by atomic mass is 10.1. The first kappa shape index (κ1) is 13.4. The molecule has 0 heterocycles. The van der Waals surface area contributed by atoms with Gasteiger partial charge < -0.3 is 5.32 Å². The number of benzene rings is 2. The van der Waals surface area contributed by atoms with Gasteiger partial charge in [-0.25, -0.2) is 0 Å². The van der Waals surface area contributed by atoms with E-state index in [4.69, 9.17) is 23.2 Å². The van der Waals surface area contributed by atoms with Crippen molar-refractivity contribution in [3.63, 3.8) is 0 Å². The lowest BCUT2D eigenvalue weighted by Gasteiger charge is -2.08. The van der Waals surface area contributed by atoms with Gasteiger partial charge in [0.2, 0.25) is 0 Å². The van der Waals surface area contributed by atoms with Crippen LogP contribution in [0.15, 0.2) is 42.5 Å². The van der Waals surface area contributed by atoms with E-state index in [0.29, 0.717) is 0 Å². The molecule has 1 nitrogen and oxygen atoms in total. The fraction of sp³-hybridized carbons (Fsp3) is 0.200. The van der Waals surface area contributed by atoms with E-state index in [1.807, 2.05) is 43.3 Å². The Morgan fingerprint density at radius 1 is 0.944 bits per heavy atom. The summed E-state index contributed by atoms with van der Waals surface area (Å²) >= 11 is 12.2. The van der Waals surface area contributed by atoms with E-state index in [2.05, 4.69) is 11.4 Å². The maximum Gasteiger partial charge on any atom is 0.0450 e. The summed E-state index contributed by atoms with van der Waals surface area (Å²) in [4.78, 5) is 0. The third kappa shape index (κ3) is 3.49. The average molecular weight is 280 g/mol. The number of nitrogens with one attached hydrogen (secondary N) is 1. The lowest BCUT2D eigenvalue weighted by molar-refractivity contribution is 0.693. The zero-order valence-corrected chi connectivity index (χ0v) is 11.7. The van der Waals surface area contributed by atoms with E-state index >= 15 is 0 Å². The van der Waals surface area contributed by atoms with Crippen molar-refractivity contribution >= 4 is 23.2 Å². The molecule has 0 aliphatic heterocycles. The highest BCUT2D eigenvalue weighted by atomic mass is 35.5. The number of hydrogen-bond donors (Lipinski definition) is 1. The van der Waals surface area contributed by atoms with Crippen LogP contribution in [0.2, 0.25) is 10.0 Å². The van der Waals surface area contributed by atoms with Crippen molar-refractivity contribution in [1.82, 2.24) is 5.32 Å². The third-order valence-corrected chi connectivity index (χ3v) is 3.61. The number of hydrogen-bond acceptors (Lipinski definition) is 1. The Kier molecular flexibility index (Phi) is 4.65. The molecule has 94 valence electrons. The molecule has 0 bridgehead atoms. The Labute approximate surface area is 118 Å². The van der Waals surface area contributed by atoms with E-state index in [-0.39, 0.29) is 0 Å². The predicted octanol–water partition coefficient (Wildman–Crippen LogP) is 4.59. The van der Waals surface area contributed by atoms with E-state index < -0.39 is 0 Å². The molecule has 1 N–H and O–H groups in total. The Morgan fingerprint density at radius 2 is 1.72 bits per heavy atom. The second kappa shape index (κ2) is 6.24. The highest BCUT2D eigenvalue weighted by molar-refractivity contribution is 6.31. The fourth-order valence-corrected chi connectivity index (χ4v) is 2.14. The largest absolute Gasteiger partial charge is 0.309 e. The summed E-state index contributed by atoms with van der Waals surface area (Å²) in [6.45, 7) is 3.54. The van der Waals surface area contributed by atoms with Gasteiger partial charge in [0.15, 0.2) is 0 Å². The molecule has 0 spiro atoms. The van der Waals surface area contributed by atoms with Crippen molar-refractivity contribution in [1.29, 1.82) is 0 Å². The molecule has 0 aliphatic rings. The molecule has 2 aromatic carbocycles. The summed E-state index contributed by atoms with van der Waals surface area (Å²) in [7, 11) is 0. The molecule has 2 aromatic rings. The van der Waals surface area contributed by atoms with Crippen LogP contribution in [0.5, 0.6) is 0 Å². The minimum atomic E-state index is 0.755. The maximum atomic E-state index is 6.09. The summed E-state index contributed by atoms with van der Waals surface area (Å²) < 4.78 is 0. The summed E-state index contributed by atoms with van der Waals surface area (Å²) in [5.41, 5.74) is 3.39. The van der Waals surface area contributed by atoms with Gasteiger partial charge >= 0.3 is 0 Å². The molecule has 0 aliphatic carbocycles. The van der Waals surface area contributed by atoms with Crippen molar-refractivity contribution < 1.29 is 0 Å². The topological polar surface area (TPSA) is 12.0 Å². The van der Waals surface area contributed by atoms with Crippen LogP contribution in [0.1, 0.15) is 16.7 Å². The number of halogens is 2. The van der Waals surface area contributed by atoms with Crippen LogP contribution in [0.4, 0.5) is 0 Å². The molecular formula is C15H15Cl2N. The summed E-state index contributed by atoms with van der Waals surface area (Å²) in [5, 5.41) is 4.97. The van der Waals surface area contributed by atoms with Crippen molar-refractivity contribution in [2.45, 2.75) is 20.0 Å². The van der Waals surface area contributed by atoms with Crippen LogP contribution in [0.25, 0.3) is 0 Å². The van der Waals surface area contributed by atoms with Crippen molar-refractivity contribution in [3.8, 4) is 0 Å². The van der Waals surface area contributed by atoms with E-state index in [1.165, 1.54) is 5.56 Å². The zero-order chi connectivity index (χ0) is 13.0. The molecule has 2 rings (SSSR count). The van der Waals surface area contributed by atoms with Gasteiger partial charge in [0.1, 0.15) is 0 Å². The summed E-state index contributed by atoms with van der Waals surface area (Å²) in [6, 6.07) is 14.0. The molecule has 0 unspecified atom stereocenters. The quantitative estimate of drug-likeness (QED) is 0.863. The minimum Gasteiger partial charge on any atom is -0.309 e. The van der Waals surface area contributed by atoms with Gasteiger partial charge in [-0.05, 0) is 35.7 Å². The SMILES string of the molecule is Cc1ccc(CNCc2ccccc2Cl)cc1Cl. The maximum absolute atomic E-state index is 6.09. The fourth-order valence-electron chi connectivity index (χ4n) is 1.73. The first-order chi connectivity index (χ1) is 8.66. The van der Waals surface area contributed by atoms with Gasteiger partial charge in [-0.3, -0.25) is 0 Å². The molecular weight excluding hydrogens is 265 g/mol.